The van der Waals surface area contributed by atoms with Crippen LogP contribution in [0, 0.1) is 5.92 Å². The van der Waals surface area contributed by atoms with Crippen molar-refractivity contribution in [3.8, 4) is 5.75 Å². The first-order valence-electron chi connectivity index (χ1n) is 5.68. The third kappa shape index (κ3) is 2.94. The van der Waals surface area contributed by atoms with Crippen LogP contribution in [0.4, 0.5) is 0 Å². The van der Waals surface area contributed by atoms with E-state index >= 15 is 0 Å². The van der Waals surface area contributed by atoms with E-state index in [1.54, 1.807) is 7.11 Å². The number of carbonyl (C=O) groups is 1. The number of hydrogen-bond acceptors (Lipinski definition) is 4. The standard InChI is InChI=1S/C13H17NO3.ClH/c1-16-10-5-3-9(4-6-10)11-7-14-8-12(11)13(15)17-2;/h3-6,11-12,14H,7-8H2,1-2H3;1H. The number of esters is 1. The molecule has 1 aromatic carbocycles. The number of benzene rings is 1. The van der Waals surface area contributed by atoms with Crippen LogP contribution < -0.4 is 10.1 Å². The van der Waals surface area contributed by atoms with Crippen molar-refractivity contribution >= 4 is 18.4 Å². The van der Waals surface area contributed by atoms with Gasteiger partial charge in [0.2, 0.25) is 0 Å². The van der Waals surface area contributed by atoms with Crippen LogP contribution in [0.3, 0.4) is 0 Å². The van der Waals surface area contributed by atoms with Gasteiger partial charge in [0.15, 0.2) is 0 Å². The molecule has 1 aromatic rings. The monoisotopic (exact) mass is 271 g/mol. The van der Waals surface area contributed by atoms with Crippen molar-refractivity contribution in [2.45, 2.75) is 5.92 Å². The van der Waals surface area contributed by atoms with E-state index in [-0.39, 0.29) is 30.2 Å². The second-order valence-electron chi connectivity index (χ2n) is 4.17. The molecule has 0 bridgehead atoms. The largest absolute Gasteiger partial charge is 0.497 e. The maximum absolute atomic E-state index is 11.6. The summed E-state index contributed by atoms with van der Waals surface area (Å²) in [7, 11) is 3.08. The first-order chi connectivity index (χ1) is 8.26. The molecule has 5 heteroatoms. The summed E-state index contributed by atoms with van der Waals surface area (Å²) in [6.45, 7) is 1.50. The first kappa shape index (κ1) is 14.8. The van der Waals surface area contributed by atoms with E-state index in [0.29, 0.717) is 6.54 Å². The molecule has 100 valence electrons. The van der Waals surface area contributed by atoms with Crippen molar-refractivity contribution in [1.82, 2.24) is 5.32 Å². The van der Waals surface area contributed by atoms with Crippen LogP contribution in [0.2, 0.25) is 0 Å². The molecule has 1 aliphatic heterocycles. The fourth-order valence-electron chi connectivity index (χ4n) is 2.28. The van der Waals surface area contributed by atoms with Crippen LogP contribution in [-0.4, -0.2) is 33.3 Å². The highest BCUT2D eigenvalue weighted by molar-refractivity contribution is 5.85. The number of carbonyl (C=O) groups excluding carboxylic acids is 1. The summed E-state index contributed by atoms with van der Waals surface area (Å²) in [4.78, 5) is 11.6. The minimum Gasteiger partial charge on any atom is -0.497 e. The number of methoxy groups -OCH3 is 2. The molecule has 0 radical (unpaired) electrons. The minimum atomic E-state index is -0.143. The fraction of sp³-hybridized carbons (Fsp3) is 0.462. The third-order valence-electron chi connectivity index (χ3n) is 3.26. The molecule has 0 aliphatic carbocycles. The number of rotatable bonds is 3. The van der Waals surface area contributed by atoms with Gasteiger partial charge in [-0.05, 0) is 17.7 Å². The third-order valence-corrected chi connectivity index (χ3v) is 3.26. The molecule has 0 aromatic heterocycles. The van der Waals surface area contributed by atoms with Crippen LogP contribution in [0.5, 0.6) is 5.75 Å². The van der Waals surface area contributed by atoms with E-state index in [2.05, 4.69) is 5.32 Å². The smallest absolute Gasteiger partial charge is 0.310 e. The van der Waals surface area contributed by atoms with E-state index < -0.39 is 0 Å². The van der Waals surface area contributed by atoms with Gasteiger partial charge in [-0.15, -0.1) is 12.4 Å². The van der Waals surface area contributed by atoms with Gasteiger partial charge in [-0.2, -0.15) is 0 Å². The second-order valence-corrected chi connectivity index (χ2v) is 4.17. The Morgan fingerprint density at radius 3 is 2.44 bits per heavy atom. The fourth-order valence-corrected chi connectivity index (χ4v) is 2.28. The van der Waals surface area contributed by atoms with Crippen molar-refractivity contribution in [3.05, 3.63) is 29.8 Å². The van der Waals surface area contributed by atoms with Gasteiger partial charge in [-0.3, -0.25) is 4.79 Å². The maximum Gasteiger partial charge on any atom is 0.310 e. The predicted octanol–water partition coefficient (Wildman–Crippen LogP) is 1.59. The molecule has 1 N–H and O–H groups in total. The number of halogens is 1. The van der Waals surface area contributed by atoms with E-state index in [9.17, 15) is 4.79 Å². The van der Waals surface area contributed by atoms with Crippen LogP contribution in [-0.2, 0) is 9.53 Å². The second kappa shape index (κ2) is 6.61. The summed E-state index contributed by atoms with van der Waals surface area (Å²) >= 11 is 0. The van der Waals surface area contributed by atoms with Crippen molar-refractivity contribution in [3.63, 3.8) is 0 Å². The lowest BCUT2D eigenvalue weighted by molar-refractivity contribution is -0.145. The average Bonchev–Trinajstić information content (AvgIpc) is 2.87. The molecule has 0 amide bonds. The maximum atomic E-state index is 11.6. The Kier molecular flexibility index (Phi) is 5.44. The molecule has 4 nitrogen and oxygen atoms in total. The van der Waals surface area contributed by atoms with Crippen molar-refractivity contribution in [2.75, 3.05) is 27.3 Å². The summed E-state index contributed by atoms with van der Waals surface area (Å²) in [5.74, 6) is 0.784. The van der Waals surface area contributed by atoms with Crippen LogP contribution in [0.1, 0.15) is 11.5 Å². The Balaban J connectivity index is 0.00000162. The van der Waals surface area contributed by atoms with Crippen LogP contribution in [0.15, 0.2) is 24.3 Å². The summed E-state index contributed by atoms with van der Waals surface area (Å²) < 4.78 is 9.95. The van der Waals surface area contributed by atoms with Crippen molar-refractivity contribution in [2.24, 2.45) is 5.92 Å². The number of hydrogen-bond donors (Lipinski definition) is 1. The predicted molar refractivity (Wildman–Crippen MR) is 71.4 cm³/mol. The molecular weight excluding hydrogens is 254 g/mol. The Morgan fingerprint density at radius 1 is 1.22 bits per heavy atom. The van der Waals surface area contributed by atoms with Gasteiger partial charge in [0.25, 0.3) is 0 Å². The quantitative estimate of drug-likeness (QED) is 0.849. The molecule has 0 saturated carbocycles. The van der Waals surface area contributed by atoms with Gasteiger partial charge in [-0.25, -0.2) is 0 Å². The summed E-state index contributed by atoms with van der Waals surface area (Å²) in [5, 5.41) is 3.23. The van der Waals surface area contributed by atoms with Gasteiger partial charge in [0, 0.05) is 19.0 Å². The van der Waals surface area contributed by atoms with Crippen molar-refractivity contribution in [1.29, 1.82) is 0 Å². The molecule has 1 heterocycles. The first-order valence-corrected chi connectivity index (χ1v) is 5.68. The lowest BCUT2D eigenvalue weighted by atomic mass is 9.89. The molecule has 1 fully saturated rings. The molecule has 2 rings (SSSR count). The normalized spacial score (nSPS) is 22.1. The topological polar surface area (TPSA) is 47.6 Å². The Bertz CT molecular complexity index is 394. The number of nitrogens with one attached hydrogen (secondary N) is 1. The highest BCUT2D eigenvalue weighted by Crippen LogP contribution is 2.29. The lowest BCUT2D eigenvalue weighted by Crippen LogP contribution is -2.22. The minimum absolute atomic E-state index is 0. The highest BCUT2D eigenvalue weighted by atomic mass is 35.5. The van der Waals surface area contributed by atoms with E-state index in [0.717, 1.165) is 17.9 Å². The van der Waals surface area contributed by atoms with Crippen LogP contribution in [0.25, 0.3) is 0 Å². The zero-order valence-electron chi connectivity index (χ0n) is 10.5. The van der Waals surface area contributed by atoms with E-state index in [1.165, 1.54) is 7.11 Å². The van der Waals surface area contributed by atoms with Crippen LogP contribution >= 0.6 is 12.4 Å². The zero-order valence-corrected chi connectivity index (χ0v) is 11.3. The zero-order chi connectivity index (χ0) is 12.3. The molecule has 0 spiro atoms. The SMILES string of the molecule is COC(=O)C1CNCC1c1ccc(OC)cc1.Cl. The molecular formula is C13H18ClNO3. The van der Waals surface area contributed by atoms with Gasteiger partial charge < -0.3 is 14.8 Å². The van der Waals surface area contributed by atoms with Gasteiger partial charge >= 0.3 is 5.97 Å². The molecule has 2 unspecified atom stereocenters. The summed E-state index contributed by atoms with van der Waals surface area (Å²) in [6.07, 6.45) is 0. The Labute approximate surface area is 113 Å². The lowest BCUT2D eigenvalue weighted by Gasteiger charge is -2.16. The van der Waals surface area contributed by atoms with Gasteiger partial charge in [0.1, 0.15) is 5.75 Å². The molecule has 2 atom stereocenters. The number of ether oxygens (including phenoxy) is 2. The summed E-state index contributed by atoms with van der Waals surface area (Å²) in [6, 6.07) is 7.85. The molecule has 1 aliphatic rings. The van der Waals surface area contributed by atoms with Crippen molar-refractivity contribution < 1.29 is 14.3 Å². The van der Waals surface area contributed by atoms with Gasteiger partial charge in [-0.1, -0.05) is 12.1 Å². The summed E-state index contributed by atoms with van der Waals surface area (Å²) in [5.41, 5.74) is 1.14. The molecule has 18 heavy (non-hydrogen) atoms. The molecule has 1 saturated heterocycles. The van der Waals surface area contributed by atoms with E-state index in [4.69, 9.17) is 9.47 Å². The Hall–Kier alpha value is -1.26. The Morgan fingerprint density at radius 2 is 1.89 bits per heavy atom. The average molecular weight is 272 g/mol. The van der Waals surface area contributed by atoms with Gasteiger partial charge in [0.05, 0.1) is 20.1 Å². The highest BCUT2D eigenvalue weighted by Gasteiger charge is 2.34. The van der Waals surface area contributed by atoms with E-state index in [1.807, 2.05) is 24.3 Å².